The number of nitrogens with zero attached hydrogens (tertiary/aromatic N) is 2. The summed E-state index contributed by atoms with van der Waals surface area (Å²) in [4.78, 5) is 26.9. The van der Waals surface area contributed by atoms with Gasteiger partial charge in [0.1, 0.15) is 18.8 Å². The van der Waals surface area contributed by atoms with Crippen LogP contribution in [0.4, 0.5) is 17.1 Å². The minimum Gasteiger partial charge on any atom is -0.497 e. The van der Waals surface area contributed by atoms with Crippen LogP contribution in [0.2, 0.25) is 0 Å². The normalized spacial score (nSPS) is 13.2. The number of hydrogen-bond acceptors (Lipinski definition) is 5. The summed E-state index contributed by atoms with van der Waals surface area (Å²) in [6, 6.07) is 19.8. The summed E-state index contributed by atoms with van der Waals surface area (Å²) >= 11 is 0. The Morgan fingerprint density at radius 2 is 1.79 bits per heavy atom. The molecule has 1 aliphatic heterocycles. The second-order valence-electron chi connectivity index (χ2n) is 7.57. The van der Waals surface area contributed by atoms with E-state index in [1.807, 2.05) is 6.92 Å². The quantitative estimate of drug-likeness (QED) is 0.603. The summed E-state index contributed by atoms with van der Waals surface area (Å²) in [5, 5.41) is 2.72. The van der Waals surface area contributed by atoms with Crippen LogP contribution in [0.5, 0.6) is 5.75 Å². The standard InChI is InChI=1S/C24H23N3O5S/c1-17-10-12-20(13-11-17)33(30,31)27(18-6-5-7-19(14-18)32-2)16-24(29)26-15-23(28)25-21-8-3-4-9-22(21)26/h3-14H,15-16H2,1-2H3,(H,25,28). The summed E-state index contributed by atoms with van der Waals surface area (Å²) in [5.41, 5.74) is 2.20. The summed E-state index contributed by atoms with van der Waals surface area (Å²) in [6.45, 7) is 1.16. The molecule has 0 aromatic heterocycles. The molecule has 0 fully saturated rings. The smallest absolute Gasteiger partial charge is 0.264 e. The van der Waals surface area contributed by atoms with Crippen molar-refractivity contribution in [2.75, 3.05) is 34.7 Å². The predicted molar refractivity (Wildman–Crippen MR) is 126 cm³/mol. The molecule has 0 aliphatic carbocycles. The van der Waals surface area contributed by atoms with Gasteiger partial charge in [-0.05, 0) is 43.3 Å². The monoisotopic (exact) mass is 465 g/mol. The Kier molecular flexibility index (Phi) is 6.06. The van der Waals surface area contributed by atoms with Crippen LogP contribution in [0.15, 0.2) is 77.7 Å². The molecule has 1 aliphatic rings. The first-order chi connectivity index (χ1) is 15.8. The first-order valence-electron chi connectivity index (χ1n) is 10.2. The average Bonchev–Trinajstić information content (AvgIpc) is 2.82. The molecule has 2 amide bonds. The fourth-order valence-electron chi connectivity index (χ4n) is 3.58. The zero-order chi connectivity index (χ0) is 23.6. The number of rotatable bonds is 6. The number of methoxy groups -OCH3 is 1. The fraction of sp³-hybridized carbons (Fsp3) is 0.167. The maximum atomic E-state index is 13.6. The molecule has 3 aromatic rings. The lowest BCUT2D eigenvalue weighted by molar-refractivity contribution is -0.121. The number of para-hydroxylation sites is 2. The van der Waals surface area contributed by atoms with Crippen LogP contribution in [-0.4, -0.2) is 40.4 Å². The van der Waals surface area contributed by atoms with E-state index in [9.17, 15) is 18.0 Å². The molecule has 8 nitrogen and oxygen atoms in total. The first kappa shape index (κ1) is 22.3. The van der Waals surface area contributed by atoms with Gasteiger partial charge in [-0.2, -0.15) is 0 Å². The molecule has 1 heterocycles. The van der Waals surface area contributed by atoms with Crippen molar-refractivity contribution >= 4 is 38.9 Å². The van der Waals surface area contributed by atoms with Crippen LogP contribution in [-0.2, 0) is 19.6 Å². The highest BCUT2D eigenvalue weighted by atomic mass is 32.2. The molecule has 33 heavy (non-hydrogen) atoms. The number of hydrogen-bond donors (Lipinski definition) is 1. The van der Waals surface area contributed by atoms with Crippen molar-refractivity contribution in [2.45, 2.75) is 11.8 Å². The van der Waals surface area contributed by atoms with Crippen molar-refractivity contribution in [3.05, 3.63) is 78.4 Å². The van der Waals surface area contributed by atoms with Gasteiger partial charge in [-0.25, -0.2) is 8.42 Å². The zero-order valence-electron chi connectivity index (χ0n) is 18.2. The first-order valence-corrected chi connectivity index (χ1v) is 11.7. The van der Waals surface area contributed by atoms with Gasteiger partial charge in [-0.15, -0.1) is 0 Å². The number of amides is 2. The zero-order valence-corrected chi connectivity index (χ0v) is 19.0. The van der Waals surface area contributed by atoms with Crippen molar-refractivity contribution < 1.29 is 22.7 Å². The van der Waals surface area contributed by atoms with Crippen LogP contribution in [0.3, 0.4) is 0 Å². The minimum absolute atomic E-state index is 0.0560. The number of sulfonamides is 1. The Labute approximate surface area is 192 Å². The third-order valence-electron chi connectivity index (χ3n) is 5.30. The van der Waals surface area contributed by atoms with Gasteiger partial charge in [0.05, 0.1) is 29.1 Å². The van der Waals surface area contributed by atoms with Crippen LogP contribution in [0, 0.1) is 6.92 Å². The van der Waals surface area contributed by atoms with E-state index in [4.69, 9.17) is 4.74 Å². The van der Waals surface area contributed by atoms with E-state index in [1.165, 1.54) is 24.1 Å². The number of aryl methyl sites for hydroxylation is 1. The third-order valence-corrected chi connectivity index (χ3v) is 7.09. The lowest BCUT2D eigenvalue weighted by atomic mass is 10.2. The lowest BCUT2D eigenvalue weighted by Crippen LogP contribution is -2.48. The van der Waals surface area contributed by atoms with Crippen molar-refractivity contribution in [3.63, 3.8) is 0 Å². The number of carbonyl (C=O) groups excluding carboxylic acids is 2. The Morgan fingerprint density at radius 3 is 2.52 bits per heavy atom. The molecule has 0 saturated heterocycles. The summed E-state index contributed by atoms with van der Waals surface area (Å²) in [6.07, 6.45) is 0. The van der Waals surface area contributed by atoms with Crippen molar-refractivity contribution in [3.8, 4) is 5.75 Å². The summed E-state index contributed by atoms with van der Waals surface area (Å²) in [5.74, 6) is -0.432. The molecule has 4 rings (SSSR count). The molecule has 0 unspecified atom stereocenters. The molecule has 170 valence electrons. The molecule has 0 saturated carbocycles. The van der Waals surface area contributed by atoms with Gasteiger partial charge in [0, 0.05) is 6.07 Å². The molecule has 0 bridgehead atoms. The van der Waals surface area contributed by atoms with Crippen molar-refractivity contribution in [1.82, 2.24) is 0 Å². The Morgan fingerprint density at radius 1 is 1.06 bits per heavy atom. The topological polar surface area (TPSA) is 96.0 Å². The average molecular weight is 466 g/mol. The summed E-state index contributed by atoms with van der Waals surface area (Å²) in [7, 11) is -2.61. The number of fused-ring (bicyclic) bond motifs is 1. The fourth-order valence-corrected chi connectivity index (χ4v) is 4.99. The minimum atomic E-state index is -4.09. The molecule has 0 atom stereocenters. The predicted octanol–water partition coefficient (Wildman–Crippen LogP) is 3.18. The van der Waals surface area contributed by atoms with Crippen LogP contribution < -0.4 is 19.3 Å². The number of ether oxygens (including phenoxy) is 1. The van der Waals surface area contributed by atoms with E-state index in [0.29, 0.717) is 17.1 Å². The molecule has 0 radical (unpaired) electrons. The highest BCUT2D eigenvalue weighted by Crippen LogP contribution is 2.31. The number of carbonyl (C=O) groups is 2. The van der Waals surface area contributed by atoms with Gasteiger partial charge in [-0.3, -0.25) is 18.8 Å². The maximum Gasteiger partial charge on any atom is 0.264 e. The number of benzene rings is 3. The second kappa shape index (κ2) is 8.95. The Balaban J connectivity index is 1.75. The van der Waals surface area contributed by atoms with E-state index in [2.05, 4.69) is 5.32 Å². The lowest BCUT2D eigenvalue weighted by Gasteiger charge is -2.32. The molecule has 1 N–H and O–H groups in total. The maximum absolute atomic E-state index is 13.6. The molecular weight excluding hydrogens is 442 g/mol. The van der Waals surface area contributed by atoms with Crippen LogP contribution >= 0.6 is 0 Å². The number of anilines is 3. The van der Waals surface area contributed by atoms with E-state index in [0.717, 1.165) is 9.87 Å². The highest BCUT2D eigenvalue weighted by molar-refractivity contribution is 7.92. The Bertz CT molecular complexity index is 1310. The van der Waals surface area contributed by atoms with Gasteiger partial charge in [0.2, 0.25) is 11.8 Å². The van der Waals surface area contributed by atoms with Crippen LogP contribution in [0.25, 0.3) is 0 Å². The molecule has 9 heteroatoms. The van der Waals surface area contributed by atoms with Gasteiger partial charge < -0.3 is 10.1 Å². The van der Waals surface area contributed by atoms with E-state index < -0.39 is 22.5 Å². The van der Waals surface area contributed by atoms with E-state index in [-0.39, 0.29) is 23.0 Å². The number of nitrogens with one attached hydrogen (secondary N) is 1. The molecule has 3 aromatic carbocycles. The van der Waals surface area contributed by atoms with E-state index in [1.54, 1.807) is 60.7 Å². The molecule has 0 spiro atoms. The van der Waals surface area contributed by atoms with Crippen molar-refractivity contribution in [1.29, 1.82) is 0 Å². The van der Waals surface area contributed by atoms with E-state index >= 15 is 0 Å². The van der Waals surface area contributed by atoms with Gasteiger partial charge in [-0.1, -0.05) is 35.9 Å². The SMILES string of the molecule is COc1cccc(N(CC(=O)N2CC(=O)Nc3ccccc32)S(=O)(=O)c2ccc(C)cc2)c1. The largest absolute Gasteiger partial charge is 0.497 e. The van der Waals surface area contributed by atoms with Gasteiger partial charge >= 0.3 is 0 Å². The third kappa shape index (κ3) is 4.54. The van der Waals surface area contributed by atoms with Crippen LogP contribution in [0.1, 0.15) is 5.56 Å². The summed E-state index contributed by atoms with van der Waals surface area (Å²) < 4.78 is 33.5. The van der Waals surface area contributed by atoms with Gasteiger partial charge in [0.15, 0.2) is 0 Å². The van der Waals surface area contributed by atoms with Gasteiger partial charge in [0.25, 0.3) is 10.0 Å². The van der Waals surface area contributed by atoms with Crippen molar-refractivity contribution in [2.24, 2.45) is 0 Å². The second-order valence-corrected chi connectivity index (χ2v) is 9.43. The highest BCUT2D eigenvalue weighted by Gasteiger charge is 2.32. The Hall–Kier alpha value is -3.85. The molecular formula is C24H23N3O5S.